The predicted molar refractivity (Wildman–Crippen MR) is 61.6 cm³/mol. The molecule has 4 heteroatoms. The molecule has 16 heavy (non-hydrogen) atoms. The van der Waals surface area contributed by atoms with Gasteiger partial charge in [0.1, 0.15) is 0 Å². The predicted octanol–water partition coefficient (Wildman–Crippen LogP) is 1.56. The molecule has 1 N–H and O–H groups in total. The minimum absolute atomic E-state index is 0.320. The van der Waals surface area contributed by atoms with Gasteiger partial charge >= 0.3 is 0 Å². The third-order valence-electron chi connectivity index (χ3n) is 3.21. The van der Waals surface area contributed by atoms with Crippen molar-refractivity contribution in [3.63, 3.8) is 0 Å². The molecule has 2 rings (SSSR count). The number of hydrogen-bond acceptors (Lipinski definition) is 3. The first-order valence-corrected chi connectivity index (χ1v) is 5.90. The number of nitrogens with zero attached hydrogens (tertiary/aromatic N) is 3. The molecule has 0 radical (unpaired) electrons. The molecule has 0 aliphatic heterocycles. The largest absolute Gasteiger partial charge is 0.316 e. The van der Waals surface area contributed by atoms with E-state index >= 15 is 0 Å². The Morgan fingerprint density at radius 2 is 2.38 bits per heavy atom. The van der Waals surface area contributed by atoms with Crippen LogP contribution in [0.25, 0.3) is 0 Å². The topological polar surface area (TPSA) is 53.6 Å². The van der Waals surface area contributed by atoms with Crippen molar-refractivity contribution in [3.8, 4) is 6.07 Å². The minimum Gasteiger partial charge on any atom is -0.316 e. The van der Waals surface area contributed by atoms with Crippen molar-refractivity contribution in [2.24, 2.45) is 5.41 Å². The molecule has 1 aliphatic rings. The van der Waals surface area contributed by atoms with Crippen LogP contribution in [0.4, 0.5) is 0 Å². The van der Waals surface area contributed by atoms with Gasteiger partial charge in [0.05, 0.1) is 6.07 Å². The molecule has 4 nitrogen and oxygen atoms in total. The summed E-state index contributed by atoms with van der Waals surface area (Å²) >= 11 is 0. The van der Waals surface area contributed by atoms with Crippen LogP contribution in [0, 0.1) is 16.7 Å². The Balaban J connectivity index is 1.54. The van der Waals surface area contributed by atoms with Crippen molar-refractivity contribution in [3.05, 3.63) is 18.5 Å². The highest BCUT2D eigenvalue weighted by molar-refractivity contribution is 5.00. The van der Waals surface area contributed by atoms with Crippen molar-refractivity contribution in [2.45, 2.75) is 32.2 Å². The molecule has 0 atom stereocenters. The van der Waals surface area contributed by atoms with Crippen molar-refractivity contribution in [1.82, 2.24) is 15.1 Å². The third kappa shape index (κ3) is 3.07. The molecule has 0 saturated heterocycles. The lowest BCUT2D eigenvalue weighted by atomic mass is 10.0. The quantitative estimate of drug-likeness (QED) is 0.706. The average Bonchev–Trinajstić information content (AvgIpc) is 2.85. The molecule has 0 unspecified atom stereocenters. The molecule has 0 aromatic carbocycles. The van der Waals surface area contributed by atoms with E-state index in [4.69, 9.17) is 5.26 Å². The van der Waals surface area contributed by atoms with Crippen LogP contribution < -0.4 is 5.32 Å². The van der Waals surface area contributed by atoms with Gasteiger partial charge in [-0.05, 0) is 37.3 Å². The van der Waals surface area contributed by atoms with Gasteiger partial charge in [-0.15, -0.1) is 0 Å². The lowest BCUT2D eigenvalue weighted by molar-refractivity contribution is 0.451. The summed E-state index contributed by atoms with van der Waals surface area (Å²) in [7, 11) is 0. The van der Waals surface area contributed by atoms with Gasteiger partial charge in [0.2, 0.25) is 0 Å². The van der Waals surface area contributed by atoms with Crippen LogP contribution in [0.5, 0.6) is 0 Å². The summed E-state index contributed by atoms with van der Waals surface area (Å²) in [6.45, 7) is 2.97. The van der Waals surface area contributed by atoms with E-state index in [1.54, 1.807) is 6.20 Å². The normalized spacial score (nSPS) is 16.9. The Kier molecular flexibility index (Phi) is 3.58. The maximum absolute atomic E-state index is 8.68. The fourth-order valence-corrected chi connectivity index (χ4v) is 1.91. The van der Waals surface area contributed by atoms with Crippen LogP contribution in [0.3, 0.4) is 0 Å². The van der Waals surface area contributed by atoms with Crippen LogP contribution >= 0.6 is 0 Å². The Hall–Kier alpha value is -1.34. The summed E-state index contributed by atoms with van der Waals surface area (Å²) in [4.78, 5) is 0. The van der Waals surface area contributed by atoms with Crippen LogP contribution in [-0.2, 0) is 6.54 Å². The first kappa shape index (κ1) is 11.2. The molecule has 0 spiro atoms. The molecule has 1 aliphatic carbocycles. The maximum Gasteiger partial charge on any atom is 0.0628 e. The van der Waals surface area contributed by atoms with Crippen molar-refractivity contribution in [2.75, 3.05) is 13.1 Å². The van der Waals surface area contributed by atoms with E-state index in [1.165, 1.54) is 12.8 Å². The smallest absolute Gasteiger partial charge is 0.0628 e. The highest BCUT2D eigenvalue weighted by atomic mass is 15.3. The molecule has 1 aromatic heterocycles. The van der Waals surface area contributed by atoms with Crippen molar-refractivity contribution >= 4 is 0 Å². The Morgan fingerprint density at radius 3 is 3.00 bits per heavy atom. The van der Waals surface area contributed by atoms with E-state index in [0.717, 1.165) is 26.1 Å². The maximum atomic E-state index is 8.68. The number of hydrogen-bond donors (Lipinski definition) is 1. The van der Waals surface area contributed by atoms with Crippen LogP contribution in [-0.4, -0.2) is 22.9 Å². The standard InChI is InChI=1S/C12H18N4/c13-6-5-12(3-4-12)11-14-7-1-9-16-10-2-8-15-16/h2,8,10,14H,1,3-5,7,9,11H2. The molecule has 0 bridgehead atoms. The van der Waals surface area contributed by atoms with Crippen LogP contribution in [0.15, 0.2) is 18.5 Å². The van der Waals surface area contributed by atoms with Crippen molar-refractivity contribution in [1.29, 1.82) is 5.26 Å². The summed E-state index contributed by atoms with van der Waals surface area (Å²) in [5.74, 6) is 0. The number of aryl methyl sites for hydroxylation is 1. The van der Waals surface area contributed by atoms with E-state index in [-0.39, 0.29) is 0 Å². The second-order valence-electron chi connectivity index (χ2n) is 4.63. The second kappa shape index (κ2) is 5.13. The fraction of sp³-hybridized carbons (Fsp3) is 0.667. The lowest BCUT2D eigenvalue weighted by Gasteiger charge is -2.11. The molecule has 1 fully saturated rings. The summed E-state index contributed by atoms with van der Waals surface area (Å²) < 4.78 is 1.95. The van der Waals surface area contributed by atoms with E-state index in [1.807, 2.05) is 16.9 Å². The van der Waals surface area contributed by atoms with E-state index in [2.05, 4.69) is 16.5 Å². The summed E-state index contributed by atoms with van der Waals surface area (Å²) in [6.07, 6.45) is 8.01. The SMILES string of the molecule is N#CCC1(CNCCCn2cccn2)CC1. The number of nitriles is 1. The number of nitrogens with one attached hydrogen (secondary N) is 1. The summed E-state index contributed by atoms with van der Waals surface area (Å²) in [5, 5.41) is 16.3. The van der Waals surface area contributed by atoms with E-state index in [0.29, 0.717) is 11.8 Å². The monoisotopic (exact) mass is 218 g/mol. The number of aromatic nitrogens is 2. The van der Waals surface area contributed by atoms with Gasteiger partial charge in [0, 0.05) is 31.9 Å². The van der Waals surface area contributed by atoms with Gasteiger partial charge in [0.15, 0.2) is 0 Å². The Bertz CT molecular complexity index is 346. The molecular weight excluding hydrogens is 200 g/mol. The summed E-state index contributed by atoms with van der Waals surface area (Å²) in [6, 6.07) is 4.22. The lowest BCUT2D eigenvalue weighted by Crippen LogP contribution is -2.25. The molecule has 0 amide bonds. The van der Waals surface area contributed by atoms with Gasteiger partial charge in [0.25, 0.3) is 0 Å². The van der Waals surface area contributed by atoms with Gasteiger partial charge < -0.3 is 5.32 Å². The first-order valence-electron chi connectivity index (χ1n) is 5.90. The van der Waals surface area contributed by atoms with Gasteiger partial charge in [-0.1, -0.05) is 0 Å². The minimum atomic E-state index is 0.320. The van der Waals surface area contributed by atoms with E-state index in [9.17, 15) is 0 Å². The molecular formula is C12H18N4. The van der Waals surface area contributed by atoms with Gasteiger partial charge in [-0.3, -0.25) is 4.68 Å². The Morgan fingerprint density at radius 1 is 1.50 bits per heavy atom. The zero-order chi connectivity index (χ0) is 11.3. The molecule has 86 valence electrons. The van der Waals surface area contributed by atoms with Crippen molar-refractivity contribution < 1.29 is 0 Å². The van der Waals surface area contributed by atoms with Crippen LogP contribution in [0.2, 0.25) is 0 Å². The highest BCUT2D eigenvalue weighted by Gasteiger charge is 2.41. The number of rotatable bonds is 7. The molecule has 1 heterocycles. The van der Waals surface area contributed by atoms with E-state index < -0.39 is 0 Å². The highest BCUT2D eigenvalue weighted by Crippen LogP contribution is 2.47. The van der Waals surface area contributed by atoms with Gasteiger partial charge in [-0.25, -0.2) is 0 Å². The Labute approximate surface area is 96.3 Å². The first-order chi connectivity index (χ1) is 7.85. The second-order valence-corrected chi connectivity index (χ2v) is 4.63. The fourth-order valence-electron chi connectivity index (χ4n) is 1.91. The van der Waals surface area contributed by atoms with Crippen LogP contribution in [0.1, 0.15) is 25.7 Å². The molecule has 1 saturated carbocycles. The third-order valence-corrected chi connectivity index (χ3v) is 3.21. The van der Waals surface area contributed by atoms with Gasteiger partial charge in [-0.2, -0.15) is 10.4 Å². The molecule has 1 aromatic rings. The zero-order valence-electron chi connectivity index (χ0n) is 9.52. The summed E-state index contributed by atoms with van der Waals surface area (Å²) in [5.41, 5.74) is 0.320. The zero-order valence-corrected chi connectivity index (χ0v) is 9.52. The average molecular weight is 218 g/mol.